The highest BCUT2D eigenvalue weighted by molar-refractivity contribution is 5.95. The molecule has 1 atom stereocenters. The molecule has 1 saturated heterocycles. The molecule has 0 aromatic heterocycles. The Balaban J connectivity index is 2.27. The maximum absolute atomic E-state index is 12.3. The summed E-state index contributed by atoms with van der Waals surface area (Å²) in [5, 5.41) is 19.2. The number of hydrogen-bond donors (Lipinski definition) is 2. The summed E-state index contributed by atoms with van der Waals surface area (Å²) in [5.74, 6) is -0.0733. The Bertz CT molecular complexity index is 442. The van der Waals surface area contributed by atoms with Gasteiger partial charge in [0, 0.05) is 12.1 Å². The molecule has 1 fully saturated rings. The van der Waals surface area contributed by atoms with Gasteiger partial charge >= 0.3 is 0 Å². The van der Waals surface area contributed by atoms with Gasteiger partial charge in [-0.25, -0.2) is 0 Å². The van der Waals surface area contributed by atoms with Crippen molar-refractivity contribution in [1.29, 1.82) is 0 Å². The molecule has 1 aliphatic rings. The normalized spacial score (nSPS) is 22.8. The van der Waals surface area contributed by atoms with Crippen LogP contribution in [0, 0.1) is 0 Å². The van der Waals surface area contributed by atoms with Crippen LogP contribution in [-0.2, 0) is 0 Å². The molecule has 1 heterocycles. The molecular weight excluding hydrogens is 218 g/mol. The van der Waals surface area contributed by atoms with Gasteiger partial charge in [0.05, 0.1) is 11.6 Å². The Morgan fingerprint density at radius 3 is 2.71 bits per heavy atom. The van der Waals surface area contributed by atoms with Crippen molar-refractivity contribution in [1.82, 2.24) is 4.90 Å². The lowest BCUT2D eigenvalue weighted by Gasteiger charge is -2.33. The minimum Gasteiger partial charge on any atom is -0.508 e. The van der Waals surface area contributed by atoms with Gasteiger partial charge in [0.15, 0.2) is 0 Å². The number of carbonyl (C=O) groups excluding carboxylic acids is 1. The molecular formula is C13H17NO3. The average Bonchev–Trinajstić information content (AvgIpc) is 2.53. The van der Waals surface area contributed by atoms with Crippen LogP contribution in [0.3, 0.4) is 0 Å². The number of carbonyl (C=O) groups is 1. The minimum atomic E-state index is -0.553. The van der Waals surface area contributed by atoms with E-state index in [1.54, 1.807) is 17.0 Å². The van der Waals surface area contributed by atoms with Crippen molar-refractivity contribution in [2.24, 2.45) is 0 Å². The van der Waals surface area contributed by atoms with Gasteiger partial charge in [0.1, 0.15) is 5.75 Å². The highest BCUT2D eigenvalue weighted by Crippen LogP contribution is 2.30. The molecule has 0 radical (unpaired) electrons. The van der Waals surface area contributed by atoms with E-state index in [4.69, 9.17) is 0 Å². The zero-order valence-corrected chi connectivity index (χ0v) is 10.1. The minimum absolute atomic E-state index is 0.0772. The van der Waals surface area contributed by atoms with E-state index >= 15 is 0 Å². The van der Waals surface area contributed by atoms with Gasteiger partial charge in [-0.2, -0.15) is 0 Å². The molecule has 0 spiro atoms. The lowest BCUT2D eigenvalue weighted by molar-refractivity contribution is 0.0394. The number of amides is 1. The molecule has 17 heavy (non-hydrogen) atoms. The molecule has 2 rings (SSSR count). The fraction of sp³-hybridized carbons (Fsp3) is 0.462. The first-order chi connectivity index (χ1) is 7.93. The van der Waals surface area contributed by atoms with Crippen molar-refractivity contribution in [2.45, 2.75) is 31.9 Å². The van der Waals surface area contributed by atoms with Crippen molar-refractivity contribution in [3.63, 3.8) is 0 Å². The van der Waals surface area contributed by atoms with Crippen LogP contribution in [-0.4, -0.2) is 39.2 Å². The first-order valence-corrected chi connectivity index (χ1v) is 5.72. The molecule has 1 aromatic carbocycles. The van der Waals surface area contributed by atoms with Crippen molar-refractivity contribution < 1.29 is 15.0 Å². The van der Waals surface area contributed by atoms with Gasteiger partial charge in [-0.3, -0.25) is 4.79 Å². The molecule has 1 unspecified atom stereocenters. The van der Waals surface area contributed by atoms with E-state index in [-0.39, 0.29) is 11.7 Å². The van der Waals surface area contributed by atoms with Gasteiger partial charge < -0.3 is 15.1 Å². The highest BCUT2D eigenvalue weighted by atomic mass is 16.3. The predicted octanol–water partition coefficient (Wildman–Crippen LogP) is 1.38. The number of aromatic hydroxyl groups is 1. The molecule has 0 aliphatic carbocycles. The summed E-state index contributed by atoms with van der Waals surface area (Å²) in [6.07, 6.45) is 0.0983. The molecule has 0 saturated carbocycles. The number of likely N-dealkylation sites (tertiary alicyclic amines) is 1. The third-order valence-corrected chi connectivity index (χ3v) is 3.48. The summed E-state index contributed by atoms with van der Waals surface area (Å²) in [6.45, 7) is 4.25. The Labute approximate surface area is 100 Å². The Hall–Kier alpha value is -1.55. The smallest absolute Gasteiger partial charge is 0.254 e. The summed E-state index contributed by atoms with van der Waals surface area (Å²) in [5.41, 5.74) is -0.102. The second-order valence-corrected chi connectivity index (χ2v) is 4.97. The summed E-state index contributed by atoms with van der Waals surface area (Å²) >= 11 is 0. The standard InChI is InChI=1S/C13H17NO3/c1-13(2)11(16)6-7-14(13)12(17)9-4-3-5-10(15)8-9/h3-5,8,11,15-16H,6-7H2,1-2H3. The predicted molar refractivity (Wildman–Crippen MR) is 63.8 cm³/mol. The van der Waals surface area contributed by atoms with Crippen LogP contribution in [0.4, 0.5) is 0 Å². The zero-order valence-electron chi connectivity index (χ0n) is 10.1. The number of benzene rings is 1. The Kier molecular flexibility index (Phi) is 2.83. The number of phenols is 1. The van der Waals surface area contributed by atoms with Crippen LogP contribution in [0.25, 0.3) is 0 Å². The Morgan fingerprint density at radius 1 is 1.47 bits per heavy atom. The first-order valence-electron chi connectivity index (χ1n) is 5.72. The number of phenolic OH excluding ortho intramolecular Hbond substituents is 1. The van der Waals surface area contributed by atoms with Crippen molar-refractivity contribution in [3.8, 4) is 5.75 Å². The Morgan fingerprint density at radius 2 is 2.18 bits per heavy atom. The fourth-order valence-corrected chi connectivity index (χ4v) is 2.23. The van der Waals surface area contributed by atoms with Gasteiger partial charge in [-0.15, -0.1) is 0 Å². The van der Waals surface area contributed by atoms with Gasteiger partial charge in [0.25, 0.3) is 5.91 Å². The summed E-state index contributed by atoms with van der Waals surface area (Å²) < 4.78 is 0. The monoisotopic (exact) mass is 235 g/mol. The highest BCUT2D eigenvalue weighted by Gasteiger charge is 2.43. The molecule has 1 aliphatic heterocycles. The lowest BCUT2D eigenvalue weighted by Crippen LogP contribution is -2.48. The fourth-order valence-electron chi connectivity index (χ4n) is 2.23. The summed E-state index contributed by atoms with van der Waals surface area (Å²) in [4.78, 5) is 13.9. The van der Waals surface area contributed by atoms with E-state index < -0.39 is 11.6 Å². The molecule has 1 aromatic rings. The van der Waals surface area contributed by atoms with E-state index in [9.17, 15) is 15.0 Å². The molecule has 0 bridgehead atoms. The number of rotatable bonds is 1. The SMILES string of the molecule is CC1(C)C(O)CCN1C(=O)c1cccc(O)c1. The van der Waals surface area contributed by atoms with Gasteiger partial charge in [0.2, 0.25) is 0 Å². The summed E-state index contributed by atoms with van der Waals surface area (Å²) in [6, 6.07) is 6.29. The first kappa shape index (κ1) is 11.9. The third kappa shape index (κ3) is 2.00. The van der Waals surface area contributed by atoms with E-state index in [1.807, 2.05) is 13.8 Å². The van der Waals surface area contributed by atoms with Crippen molar-refractivity contribution in [2.75, 3.05) is 6.54 Å². The molecule has 1 amide bonds. The van der Waals surface area contributed by atoms with Gasteiger partial charge in [-0.1, -0.05) is 6.07 Å². The van der Waals surface area contributed by atoms with Crippen LogP contribution in [0.5, 0.6) is 5.75 Å². The van der Waals surface area contributed by atoms with E-state index in [0.717, 1.165) is 0 Å². The van der Waals surface area contributed by atoms with Gasteiger partial charge in [-0.05, 0) is 38.5 Å². The third-order valence-electron chi connectivity index (χ3n) is 3.48. The topological polar surface area (TPSA) is 60.8 Å². The van der Waals surface area contributed by atoms with E-state index in [2.05, 4.69) is 0 Å². The van der Waals surface area contributed by atoms with E-state index in [0.29, 0.717) is 18.5 Å². The number of nitrogens with zero attached hydrogens (tertiary/aromatic N) is 1. The lowest BCUT2D eigenvalue weighted by atomic mass is 9.98. The largest absolute Gasteiger partial charge is 0.508 e. The van der Waals surface area contributed by atoms with Crippen molar-refractivity contribution in [3.05, 3.63) is 29.8 Å². The summed E-state index contributed by atoms with van der Waals surface area (Å²) in [7, 11) is 0. The molecule has 4 nitrogen and oxygen atoms in total. The number of aliphatic hydroxyl groups is 1. The van der Waals surface area contributed by atoms with Crippen molar-refractivity contribution >= 4 is 5.91 Å². The second kappa shape index (κ2) is 4.04. The van der Waals surface area contributed by atoms with Crippen LogP contribution < -0.4 is 0 Å². The van der Waals surface area contributed by atoms with Crippen LogP contribution in [0.2, 0.25) is 0 Å². The maximum Gasteiger partial charge on any atom is 0.254 e. The van der Waals surface area contributed by atoms with Crippen LogP contribution >= 0.6 is 0 Å². The number of hydrogen-bond acceptors (Lipinski definition) is 3. The quantitative estimate of drug-likeness (QED) is 0.773. The average molecular weight is 235 g/mol. The maximum atomic E-state index is 12.3. The number of aliphatic hydroxyl groups excluding tert-OH is 1. The van der Waals surface area contributed by atoms with E-state index in [1.165, 1.54) is 12.1 Å². The molecule has 92 valence electrons. The zero-order chi connectivity index (χ0) is 12.6. The second-order valence-electron chi connectivity index (χ2n) is 4.97. The molecule has 4 heteroatoms. The van der Waals surface area contributed by atoms with Crippen LogP contribution in [0.1, 0.15) is 30.6 Å². The molecule has 2 N–H and O–H groups in total. The van der Waals surface area contributed by atoms with Crippen LogP contribution in [0.15, 0.2) is 24.3 Å².